The Balaban J connectivity index is 1.86. The van der Waals surface area contributed by atoms with Crippen LogP contribution < -0.4 is 24.8 Å². The fraction of sp³-hybridized carbons (Fsp3) is 0.190. The number of benzene rings is 2. The van der Waals surface area contributed by atoms with E-state index in [-0.39, 0.29) is 0 Å². The SMILES string of the molecule is CCOc1cc(NC(=O)Nc2ccc(OC)cc2OC)c(-c2ccccc2)nn1. The van der Waals surface area contributed by atoms with E-state index in [2.05, 4.69) is 20.8 Å². The summed E-state index contributed by atoms with van der Waals surface area (Å²) in [5.41, 5.74) is 2.32. The van der Waals surface area contributed by atoms with Gasteiger partial charge in [0.25, 0.3) is 0 Å². The van der Waals surface area contributed by atoms with Crippen molar-refractivity contribution >= 4 is 17.4 Å². The highest BCUT2D eigenvalue weighted by molar-refractivity contribution is 6.02. The number of urea groups is 1. The highest BCUT2D eigenvalue weighted by Gasteiger charge is 2.15. The van der Waals surface area contributed by atoms with Gasteiger partial charge < -0.3 is 24.8 Å². The normalized spacial score (nSPS) is 10.2. The molecule has 1 aromatic heterocycles. The summed E-state index contributed by atoms with van der Waals surface area (Å²) < 4.78 is 15.9. The summed E-state index contributed by atoms with van der Waals surface area (Å²) in [7, 11) is 3.08. The number of anilines is 2. The van der Waals surface area contributed by atoms with Gasteiger partial charge in [-0.05, 0) is 19.1 Å². The van der Waals surface area contributed by atoms with E-state index in [0.717, 1.165) is 5.56 Å². The first-order valence-electron chi connectivity index (χ1n) is 9.00. The zero-order chi connectivity index (χ0) is 20.6. The third-order valence-corrected chi connectivity index (χ3v) is 4.02. The van der Waals surface area contributed by atoms with Crippen LogP contribution in [0, 0.1) is 0 Å². The van der Waals surface area contributed by atoms with E-state index in [9.17, 15) is 4.79 Å². The Morgan fingerprint density at radius 2 is 1.69 bits per heavy atom. The van der Waals surface area contributed by atoms with Gasteiger partial charge in [0.2, 0.25) is 5.88 Å². The number of carbonyl (C=O) groups excluding carboxylic acids is 1. The summed E-state index contributed by atoms with van der Waals surface area (Å²) >= 11 is 0. The Labute approximate surface area is 168 Å². The predicted octanol–water partition coefficient (Wildman–Crippen LogP) is 4.20. The smallest absolute Gasteiger partial charge is 0.323 e. The fourth-order valence-corrected chi connectivity index (χ4v) is 2.67. The molecule has 29 heavy (non-hydrogen) atoms. The first-order chi connectivity index (χ1) is 14.1. The number of nitrogens with one attached hydrogen (secondary N) is 2. The number of methoxy groups -OCH3 is 2. The maximum atomic E-state index is 12.7. The van der Waals surface area contributed by atoms with Crippen LogP contribution in [0.5, 0.6) is 17.4 Å². The topological polar surface area (TPSA) is 94.6 Å². The largest absolute Gasteiger partial charge is 0.497 e. The summed E-state index contributed by atoms with van der Waals surface area (Å²) in [6, 6.07) is 15.8. The van der Waals surface area contributed by atoms with E-state index in [1.54, 1.807) is 31.4 Å². The minimum atomic E-state index is -0.457. The monoisotopic (exact) mass is 394 g/mol. The second kappa shape index (κ2) is 9.41. The molecule has 0 saturated carbocycles. The van der Waals surface area contributed by atoms with Crippen molar-refractivity contribution in [1.82, 2.24) is 10.2 Å². The number of ether oxygens (including phenoxy) is 3. The molecule has 150 valence electrons. The van der Waals surface area contributed by atoms with E-state index in [1.807, 2.05) is 37.3 Å². The summed E-state index contributed by atoms with van der Waals surface area (Å²) in [6.07, 6.45) is 0. The minimum absolute atomic E-state index is 0.324. The van der Waals surface area contributed by atoms with Crippen LogP contribution in [0.2, 0.25) is 0 Å². The van der Waals surface area contributed by atoms with Crippen molar-refractivity contribution in [3.63, 3.8) is 0 Å². The van der Waals surface area contributed by atoms with Crippen LogP contribution in [0.3, 0.4) is 0 Å². The molecular formula is C21H22N4O4. The third-order valence-electron chi connectivity index (χ3n) is 4.02. The number of hydrogen-bond acceptors (Lipinski definition) is 6. The standard InChI is InChI=1S/C21H22N4O4/c1-4-29-19-13-17(20(25-24-19)14-8-6-5-7-9-14)23-21(26)22-16-11-10-15(27-2)12-18(16)28-3/h5-13H,4H2,1-3H3,(H2,22,23,24,26). The molecule has 0 spiro atoms. The molecule has 0 saturated heterocycles. The van der Waals surface area contributed by atoms with E-state index < -0.39 is 6.03 Å². The molecule has 0 aliphatic carbocycles. The maximum absolute atomic E-state index is 12.7. The van der Waals surface area contributed by atoms with Gasteiger partial charge in [0, 0.05) is 17.7 Å². The summed E-state index contributed by atoms with van der Waals surface area (Å²) in [5.74, 6) is 1.43. The lowest BCUT2D eigenvalue weighted by molar-refractivity contribution is 0.262. The number of rotatable bonds is 7. The van der Waals surface area contributed by atoms with Gasteiger partial charge in [-0.25, -0.2) is 4.79 Å². The number of nitrogens with zero attached hydrogens (tertiary/aromatic N) is 2. The highest BCUT2D eigenvalue weighted by Crippen LogP contribution is 2.30. The number of amides is 2. The Kier molecular flexibility index (Phi) is 6.47. The van der Waals surface area contributed by atoms with Gasteiger partial charge in [-0.3, -0.25) is 0 Å². The summed E-state index contributed by atoms with van der Waals surface area (Å²) in [5, 5.41) is 13.9. The second-order valence-corrected chi connectivity index (χ2v) is 5.89. The first kappa shape index (κ1) is 19.9. The molecule has 0 unspecified atom stereocenters. The molecule has 8 nitrogen and oxygen atoms in total. The molecular weight excluding hydrogens is 372 g/mol. The van der Waals surface area contributed by atoms with Crippen LogP contribution in [0.1, 0.15) is 6.92 Å². The molecule has 1 heterocycles. The molecule has 8 heteroatoms. The molecule has 2 aromatic carbocycles. The van der Waals surface area contributed by atoms with Gasteiger partial charge in [0.1, 0.15) is 17.2 Å². The average molecular weight is 394 g/mol. The molecule has 3 aromatic rings. The van der Waals surface area contributed by atoms with Crippen molar-refractivity contribution in [2.75, 3.05) is 31.5 Å². The fourth-order valence-electron chi connectivity index (χ4n) is 2.67. The average Bonchev–Trinajstić information content (AvgIpc) is 2.75. The van der Waals surface area contributed by atoms with Gasteiger partial charge in [0.05, 0.1) is 32.2 Å². The van der Waals surface area contributed by atoms with Crippen LogP contribution in [0.15, 0.2) is 54.6 Å². The predicted molar refractivity (Wildman–Crippen MR) is 111 cm³/mol. The van der Waals surface area contributed by atoms with Crippen molar-refractivity contribution < 1.29 is 19.0 Å². The third kappa shape index (κ3) is 4.92. The molecule has 0 aliphatic heterocycles. The Morgan fingerprint density at radius 3 is 2.38 bits per heavy atom. The zero-order valence-corrected chi connectivity index (χ0v) is 16.4. The lowest BCUT2D eigenvalue weighted by atomic mass is 10.1. The van der Waals surface area contributed by atoms with Gasteiger partial charge >= 0.3 is 6.03 Å². The molecule has 0 fully saturated rings. The van der Waals surface area contributed by atoms with Crippen LogP contribution in [0.25, 0.3) is 11.3 Å². The molecule has 0 bridgehead atoms. The van der Waals surface area contributed by atoms with Crippen molar-refractivity contribution in [2.24, 2.45) is 0 Å². The van der Waals surface area contributed by atoms with Crippen molar-refractivity contribution in [1.29, 1.82) is 0 Å². The lowest BCUT2D eigenvalue weighted by Gasteiger charge is -2.14. The van der Waals surface area contributed by atoms with Gasteiger partial charge in [0.15, 0.2) is 0 Å². The van der Waals surface area contributed by atoms with Crippen LogP contribution in [0.4, 0.5) is 16.2 Å². The van der Waals surface area contributed by atoms with Crippen molar-refractivity contribution in [2.45, 2.75) is 6.92 Å². The number of aromatic nitrogens is 2. The van der Waals surface area contributed by atoms with Crippen LogP contribution in [-0.4, -0.2) is 37.1 Å². The molecule has 2 amide bonds. The quantitative estimate of drug-likeness (QED) is 0.624. The van der Waals surface area contributed by atoms with Gasteiger partial charge in [-0.2, -0.15) is 0 Å². The van der Waals surface area contributed by atoms with E-state index in [0.29, 0.717) is 41.1 Å². The Bertz CT molecular complexity index is 980. The van der Waals surface area contributed by atoms with Crippen LogP contribution in [-0.2, 0) is 0 Å². The van der Waals surface area contributed by atoms with Gasteiger partial charge in [-0.15, -0.1) is 10.2 Å². The maximum Gasteiger partial charge on any atom is 0.323 e. The van der Waals surface area contributed by atoms with E-state index >= 15 is 0 Å². The summed E-state index contributed by atoms with van der Waals surface area (Å²) in [4.78, 5) is 12.7. The Hall–Kier alpha value is -3.81. The number of carbonyl (C=O) groups is 1. The molecule has 0 aliphatic rings. The Morgan fingerprint density at radius 1 is 0.931 bits per heavy atom. The highest BCUT2D eigenvalue weighted by atomic mass is 16.5. The second-order valence-electron chi connectivity index (χ2n) is 5.89. The van der Waals surface area contributed by atoms with E-state index in [1.165, 1.54) is 7.11 Å². The van der Waals surface area contributed by atoms with E-state index in [4.69, 9.17) is 14.2 Å². The minimum Gasteiger partial charge on any atom is -0.497 e. The summed E-state index contributed by atoms with van der Waals surface area (Å²) in [6.45, 7) is 2.29. The van der Waals surface area contributed by atoms with Gasteiger partial charge in [-0.1, -0.05) is 30.3 Å². The number of hydrogen-bond donors (Lipinski definition) is 2. The zero-order valence-electron chi connectivity index (χ0n) is 16.4. The molecule has 3 rings (SSSR count). The first-order valence-corrected chi connectivity index (χ1v) is 9.00. The van der Waals surface area contributed by atoms with Crippen molar-refractivity contribution in [3.8, 4) is 28.6 Å². The molecule has 0 radical (unpaired) electrons. The molecule has 2 N–H and O–H groups in total. The lowest BCUT2D eigenvalue weighted by Crippen LogP contribution is -2.20. The molecule has 0 atom stereocenters. The van der Waals surface area contributed by atoms with Crippen LogP contribution >= 0.6 is 0 Å². The van der Waals surface area contributed by atoms with Crippen molar-refractivity contribution in [3.05, 3.63) is 54.6 Å².